The first-order valence-electron chi connectivity index (χ1n) is 8.98. The molecule has 0 aliphatic carbocycles. The first-order valence-corrected chi connectivity index (χ1v) is 8.98. The number of benzene rings is 1. The van der Waals surface area contributed by atoms with E-state index >= 15 is 0 Å². The summed E-state index contributed by atoms with van der Waals surface area (Å²) in [7, 11) is 1.52. The maximum atomic E-state index is 12.5. The zero-order valence-electron chi connectivity index (χ0n) is 16.1. The minimum atomic E-state index is -0.415. The second-order valence-electron chi connectivity index (χ2n) is 6.35. The number of hydrogen-bond donors (Lipinski definition) is 3. The zero-order valence-corrected chi connectivity index (χ0v) is 16.1. The van der Waals surface area contributed by atoms with Crippen LogP contribution in [0.4, 0.5) is 17.2 Å². The number of pyridine rings is 2. The average molecular weight is 391 g/mol. The number of aryl methyl sites for hydroxylation is 1. The molecule has 2 amide bonds. The van der Waals surface area contributed by atoms with Crippen LogP contribution < -0.4 is 21.5 Å². The van der Waals surface area contributed by atoms with Crippen molar-refractivity contribution in [2.45, 2.75) is 13.5 Å². The van der Waals surface area contributed by atoms with E-state index in [4.69, 9.17) is 0 Å². The molecule has 0 saturated heterocycles. The van der Waals surface area contributed by atoms with Crippen molar-refractivity contribution in [3.05, 3.63) is 82.4 Å². The first-order chi connectivity index (χ1) is 14.0. The van der Waals surface area contributed by atoms with Gasteiger partial charge in [-0.1, -0.05) is 24.3 Å². The number of aromatic nitrogens is 2. The molecule has 2 aromatic heterocycles. The van der Waals surface area contributed by atoms with Gasteiger partial charge in [-0.05, 0) is 30.7 Å². The Morgan fingerprint density at radius 3 is 2.55 bits per heavy atom. The minimum Gasteiger partial charge on any atom is -0.355 e. The van der Waals surface area contributed by atoms with Crippen LogP contribution in [0.25, 0.3) is 0 Å². The van der Waals surface area contributed by atoms with Crippen LogP contribution in [0.5, 0.6) is 0 Å². The van der Waals surface area contributed by atoms with E-state index in [-0.39, 0.29) is 18.0 Å². The Hall–Kier alpha value is -3.94. The van der Waals surface area contributed by atoms with Gasteiger partial charge in [0.1, 0.15) is 6.54 Å². The summed E-state index contributed by atoms with van der Waals surface area (Å²) in [4.78, 5) is 40.7. The van der Waals surface area contributed by atoms with Crippen LogP contribution in [0.15, 0.2) is 65.7 Å². The van der Waals surface area contributed by atoms with Crippen molar-refractivity contribution in [2.24, 2.45) is 0 Å². The van der Waals surface area contributed by atoms with Gasteiger partial charge in [0.2, 0.25) is 5.91 Å². The smallest absolute Gasteiger partial charge is 0.252 e. The summed E-state index contributed by atoms with van der Waals surface area (Å²) in [6, 6.07) is 13.8. The molecular formula is C21H21N5O3. The second kappa shape index (κ2) is 8.83. The number of anilines is 3. The lowest BCUT2D eigenvalue weighted by Crippen LogP contribution is -2.27. The van der Waals surface area contributed by atoms with Crippen LogP contribution in [-0.4, -0.2) is 28.4 Å². The molecule has 8 heteroatoms. The first kappa shape index (κ1) is 19.8. The van der Waals surface area contributed by atoms with Crippen molar-refractivity contribution >= 4 is 29.0 Å². The number of carbonyl (C=O) groups excluding carboxylic acids is 2. The molecular weight excluding hydrogens is 370 g/mol. The molecule has 0 aliphatic rings. The highest BCUT2D eigenvalue weighted by Gasteiger charge is 2.14. The Morgan fingerprint density at radius 1 is 1.07 bits per heavy atom. The summed E-state index contributed by atoms with van der Waals surface area (Å²) in [6.07, 6.45) is 2.96. The highest BCUT2D eigenvalue weighted by Crippen LogP contribution is 2.26. The largest absolute Gasteiger partial charge is 0.355 e. The van der Waals surface area contributed by atoms with E-state index in [0.717, 1.165) is 11.3 Å². The SMILES string of the molecule is CNC(=O)c1cnc(Nc2ccccc2C)c(NC(=O)Cn2ccccc2=O)c1. The Kier molecular flexibility index (Phi) is 6.03. The van der Waals surface area contributed by atoms with Crippen molar-refractivity contribution in [1.29, 1.82) is 0 Å². The molecule has 0 radical (unpaired) electrons. The number of para-hydroxylation sites is 1. The summed E-state index contributed by atoms with van der Waals surface area (Å²) in [6.45, 7) is 1.79. The lowest BCUT2D eigenvalue weighted by Gasteiger charge is -2.15. The highest BCUT2D eigenvalue weighted by molar-refractivity contribution is 5.99. The number of rotatable bonds is 6. The molecule has 8 nitrogen and oxygen atoms in total. The molecule has 3 N–H and O–H groups in total. The lowest BCUT2D eigenvalue weighted by atomic mass is 10.2. The van der Waals surface area contributed by atoms with Crippen molar-refractivity contribution in [1.82, 2.24) is 14.9 Å². The minimum absolute atomic E-state index is 0.159. The number of hydrogen-bond acceptors (Lipinski definition) is 5. The molecule has 1 aromatic carbocycles. The second-order valence-corrected chi connectivity index (χ2v) is 6.35. The van der Waals surface area contributed by atoms with Crippen molar-refractivity contribution < 1.29 is 9.59 Å². The maximum Gasteiger partial charge on any atom is 0.252 e. The predicted octanol–water partition coefficient (Wildman–Crippen LogP) is 2.29. The van der Waals surface area contributed by atoms with Crippen LogP contribution >= 0.6 is 0 Å². The van der Waals surface area contributed by atoms with Gasteiger partial charge in [0.15, 0.2) is 5.82 Å². The molecule has 29 heavy (non-hydrogen) atoms. The van der Waals surface area contributed by atoms with E-state index in [1.807, 2.05) is 31.2 Å². The normalized spacial score (nSPS) is 10.3. The van der Waals surface area contributed by atoms with Crippen molar-refractivity contribution in [3.8, 4) is 0 Å². The molecule has 0 unspecified atom stereocenters. The highest BCUT2D eigenvalue weighted by atomic mass is 16.2. The van der Waals surface area contributed by atoms with Crippen LogP contribution in [0.1, 0.15) is 15.9 Å². The van der Waals surface area contributed by atoms with E-state index in [1.54, 1.807) is 12.1 Å². The Labute approximate surface area is 167 Å². The molecule has 0 saturated carbocycles. The topological polar surface area (TPSA) is 105 Å². The van der Waals surface area contributed by atoms with Gasteiger partial charge in [-0.3, -0.25) is 14.4 Å². The fourth-order valence-corrected chi connectivity index (χ4v) is 2.70. The quantitative estimate of drug-likeness (QED) is 0.598. The van der Waals surface area contributed by atoms with Crippen LogP contribution in [-0.2, 0) is 11.3 Å². The summed E-state index contributed by atoms with van der Waals surface area (Å²) in [5.74, 6) is -0.350. The number of nitrogens with one attached hydrogen (secondary N) is 3. The molecule has 3 rings (SSSR count). The fourth-order valence-electron chi connectivity index (χ4n) is 2.70. The van der Waals surface area contributed by atoms with Crippen molar-refractivity contribution in [2.75, 3.05) is 17.7 Å². The van der Waals surface area contributed by atoms with E-state index in [1.165, 1.54) is 36.1 Å². The molecule has 0 aliphatic heterocycles. The van der Waals surface area contributed by atoms with Crippen LogP contribution in [0, 0.1) is 6.92 Å². The summed E-state index contributed by atoms with van der Waals surface area (Å²) in [5.41, 5.74) is 2.18. The zero-order chi connectivity index (χ0) is 20.8. The molecule has 0 fully saturated rings. The van der Waals surface area contributed by atoms with Gasteiger partial charge in [0.25, 0.3) is 11.5 Å². The van der Waals surface area contributed by atoms with Gasteiger partial charge in [-0.15, -0.1) is 0 Å². The summed E-state index contributed by atoms with van der Waals surface area (Å²) < 4.78 is 1.29. The van der Waals surface area contributed by atoms with Crippen molar-refractivity contribution in [3.63, 3.8) is 0 Å². The molecule has 0 bridgehead atoms. The molecule has 3 aromatic rings. The summed E-state index contributed by atoms with van der Waals surface area (Å²) in [5, 5.41) is 8.45. The fraction of sp³-hybridized carbons (Fsp3) is 0.143. The maximum absolute atomic E-state index is 12.5. The third kappa shape index (κ3) is 4.86. The van der Waals surface area contributed by atoms with E-state index in [0.29, 0.717) is 17.1 Å². The monoisotopic (exact) mass is 391 g/mol. The van der Waals surface area contributed by atoms with E-state index in [9.17, 15) is 14.4 Å². The Bertz CT molecular complexity index is 1110. The van der Waals surface area contributed by atoms with Gasteiger partial charge in [-0.2, -0.15) is 0 Å². The van der Waals surface area contributed by atoms with Crippen LogP contribution in [0.3, 0.4) is 0 Å². The molecule has 0 atom stereocenters. The van der Waals surface area contributed by atoms with Gasteiger partial charge in [0.05, 0.1) is 11.3 Å². The third-order valence-corrected chi connectivity index (χ3v) is 4.26. The van der Waals surface area contributed by atoms with E-state index in [2.05, 4.69) is 20.9 Å². The van der Waals surface area contributed by atoms with Gasteiger partial charge >= 0.3 is 0 Å². The van der Waals surface area contributed by atoms with Gasteiger partial charge in [0, 0.05) is 31.2 Å². The third-order valence-electron chi connectivity index (χ3n) is 4.26. The van der Waals surface area contributed by atoms with Gasteiger partial charge < -0.3 is 20.5 Å². The Balaban J connectivity index is 1.90. The van der Waals surface area contributed by atoms with Crippen LogP contribution in [0.2, 0.25) is 0 Å². The molecule has 0 spiro atoms. The Morgan fingerprint density at radius 2 is 1.83 bits per heavy atom. The van der Waals surface area contributed by atoms with E-state index < -0.39 is 5.91 Å². The standard InChI is InChI=1S/C21H21N5O3/c1-14-7-3-4-8-16(14)25-20-17(11-15(12-23-20)21(29)22-2)24-18(27)13-26-10-6-5-9-19(26)28/h3-12H,13H2,1-2H3,(H,22,29)(H,23,25)(H,24,27). The molecule has 148 valence electrons. The lowest BCUT2D eigenvalue weighted by molar-refractivity contribution is -0.116. The van der Waals surface area contributed by atoms with Gasteiger partial charge in [-0.25, -0.2) is 4.98 Å². The number of carbonyl (C=O) groups is 2. The number of nitrogens with zero attached hydrogens (tertiary/aromatic N) is 2. The predicted molar refractivity (Wildman–Crippen MR) is 111 cm³/mol. The summed E-state index contributed by atoms with van der Waals surface area (Å²) >= 11 is 0. The molecule has 2 heterocycles. The number of amides is 2. The average Bonchev–Trinajstić information content (AvgIpc) is 2.72.